The Morgan fingerprint density at radius 2 is 2.00 bits per heavy atom. The number of benzene rings is 1. The lowest BCUT2D eigenvalue weighted by molar-refractivity contribution is 0.0793. The summed E-state index contributed by atoms with van der Waals surface area (Å²) in [5, 5.41) is -0.566. The molecule has 1 amide bonds. The molecule has 1 atom stereocenters. The van der Waals surface area contributed by atoms with Crippen LogP contribution in [-0.4, -0.2) is 57.9 Å². The third kappa shape index (κ3) is 4.90. The first-order valence-corrected chi connectivity index (χ1v) is 10.5. The maximum atomic E-state index is 12.7. The Hall–Kier alpha value is -2.32. The van der Waals surface area contributed by atoms with Gasteiger partial charge in [-0.15, -0.1) is 0 Å². The van der Waals surface area contributed by atoms with Crippen molar-refractivity contribution in [2.75, 3.05) is 33.4 Å². The van der Waals surface area contributed by atoms with E-state index in [1.54, 1.807) is 48.4 Å². The lowest BCUT2D eigenvalue weighted by Gasteiger charge is -2.17. The molecule has 0 aliphatic carbocycles. The number of hydrogen-bond donors (Lipinski definition) is 0. The fraction of sp³-hybridized carbons (Fsp3) is 0.421. The minimum absolute atomic E-state index is 0.139. The first kappa shape index (κ1) is 19.4. The van der Waals surface area contributed by atoms with Crippen molar-refractivity contribution < 1.29 is 27.1 Å². The summed E-state index contributed by atoms with van der Waals surface area (Å²) in [6.07, 6.45) is 1.89. The number of likely N-dealkylation sites (tertiary alicyclic amines) is 1. The first-order chi connectivity index (χ1) is 13.0. The molecule has 2 heterocycles. The fourth-order valence-corrected chi connectivity index (χ4v) is 4.70. The normalized spacial score (nSPS) is 17.2. The second kappa shape index (κ2) is 8.58. The molecule has 0 bridgehead atoms. The van der Waals surface area contributed by atoms with Crippen molar-refractivity contribution in [3.63, 3.8) is 0 Å². The lowest BCUT2D eigenvalue weighted by atomic mass is 10.2. The summed E-state index contributed by atoms with van der Waals surface area (Å²) in [5.41, 5.74) is 0.512. The third-order valence-corrected chi connectivity index (χ3v) is 6.61. The van der Waals surface area contributed by atoms with Crippen molar-refractivity contribution >= 4 is 15.7 Å². The third-order valence-electron chi connectivity index (χ3n) is 4.52. The molecule has 7 nitrogen and oxygen atoms in total. The van der Waals surface area contributed by atoms with Crippen molar-refractivity contribution in [1.29, 1.82) is 0 Å². The predicted molar refractivity (Wildman–Crippen MR) is 99.5 cm³/mol. The van der Waals surface area contributed by atoms with Crippen LogP contribution in [0.1, 0.15) is 22.5 Å². The van der Waals surface area contributed by atoms with E-state index in [1.165, 1.54) is 6.26 Å². The van der Waals surface area contributed by atoms with E-state index in [9.17, 15) is 13.2 Å². The standard InChI is InChI=1S/C19H23NO6S/c1-24-11-12-26-16-6-4-15(5-7-16)19(21)20-9-8-18(13-20)27(22,23)14-17-3-2-10-25-17/h2-7,10,18H,8-9,11-14H2,1H3/t18-/m1/s1. The summed E-state index contributed by atoms with van der Waals surface area (Å²) in [7, 11) is -1.77. The molecule has 0 unspecified atom stereocenters. The van der Waals surface area contributed by atoms with Crippen LogP contribution in [0.4, 0.5) is 0 Å². The number of methoxy groups -OCH3 is 1. The summed E-state index contributed by atoms with van der Waals surface area (Å²) in [6.45, 7) is 1.55. The van der Waals surface area contributed by atoms with Crippen LogP contribution >= 0.6 is 0 Å². The zero-order valence-corrected chi connectivity index (χ0v) is 16.0. The molecule has 1 saturated heterocycles. The molecular formula is C19H23NO6S. The zero-order valence-electron chi connectivity index (χ0n) is 15.2. The van der Waals surface area contributed by atoms with E-state index in [4.69, 9.17) is 13.9 Å². The molecule has 8 heteroatoms. The largest absolute Gasteiger partial charge is 0.491 e. The SMILES string of the molecule is COCCOc1ccc(C(=O)N2CC[C@@H](S(=O)(=O)Cc3ccco3)C2)cc1. The van der Waals surface area contributed by atoms with E-state index in [0.29, 0.717) is 43.3 Å². The first-order valence-electron chi connectivity index (χ1n) is 8.74. The smallest absolute Gasteiger partial charge is 0.253 e. The minimum Gasteiger partial charge on any atom is -0.491 e. The van der Waals surface area contributed by atoms with E-state index < -0.39 is 15.1 Å². The van der Waals surface area contributed by atoms with Gasteiger partial charge in [0, 0.05) is 25.8 Å². The van der Waals surface area contributed by atoms with E-state index in [1.807, 2.05) is 0 Å². The Kier molecular flexibility index (Phi) is 6.18. The van der Waals surface area contributed by atoms with Gasteiger partial charge in [0.2, 0.25) is 0 Å². The Morgan fingerprint density at radius 1 is 1.22 bits per heavy atom. The number of sulfone groups is 1. The predicted octanol–water partition coefficient (Wildman–Crippen LogP) is 2.13. The summed E-state index contributed by atoms with van der Waals surface area (Å²) in [6, 6.07) is 10.1. The van der Waals surface area contributed by atoms with Crippen LogP contribution in [-0.2, 0) is 20.3 Å². The van der Waals surface area contributed by atoms with Gasteiger partial charge in [0.05, 0.1) is 18.1 Å². The maximum Gasteiger partial charge on any atom is 0.253 e. The van der Waals surface area contributed by atoms with Crippen LogP contribution in [0.3, 0.4) is 0 Å². The Labute approximate surface area is 158 Å². The number of ether oxygens (including phenoxy) is 2. The molecule has 0 radical (unpaired) electrons. The van der Waals surface area contributed by atoms with E-state index >= 15 is 0 Å². The van der Waals surface area contributed by atoms with Crippen LogP contribution in [0, 0.1) is 0 Å². The van der Waals surface area contributed by atoms with Crippen LogP contribution in [0.15, 0.2) is 47.1 Å². The molecule has 3 rings (SSSR count). The number of carbonyl (C=O) groups is 1. The molecule has 1 aliphatic rings. The van der Waals surface area contributed by atoms with Gasteiger partial charge < -0.3 is 18.8 Å². The molecule has 1 fully saturated rings. The van der Waals surface area contributed by atoms with Crippen LogP contribution in [0.25, 0.3) is 0 Å². The monoisotopic (exact) mass is 393 g/mol. The van der Waals surface area contributed by atoms with Crippen molar-refractivity contribution in [2.24, 2.45) is 0 Å². The van der Waals surface area contributed by atoms with Gasteiger partial charge in [0.15, 0.2) is 9.84 Å². The highest BCUT2D eigenvalue weighted by Crippen LogP contribution is 2.23. The average Bonchev–Trinajstić information content (AvgIpc) is 3.34. The highest BCUT2D eigenvalue weighted by Gasteiger charge is 2.35. The molecule has 0 spiro atoms. The summed E-state index contributed by atoms with van der Waals surface area (Å²) < 4.78 is 40.6. The van der Waals surface area contributed by atoms with E-state index in [2.05, 4.69) is 0 Å². The quantitative estimate of drug-likeness (QED) is 0.639. The Morgan fingerprint density at radius 3 is 2.67 bits per heavy atom. The molecule has 146 valence electrons. The minimum atomic E-state index is -3.37. The van der Waals surface area contributed by atoms with Gasteiger partial charge >= 0.3 is 0 Å². The molecule has 1 aliphatic heterocycles. The van der Waals surface area contributed by atoms with Crippen molar-refractivity contribution in [3.05, 3.63) is 54.0 Å². The van der Waals surface area contributed by atoms with Crippen LogP contribution in [0.5, 0.6) is 5.75 Å². The van der Waals surface area contributed by atoms with Crippen LogP contribution < -0.4 is 4.74 Å². The highest BCUT2D eigenvalue weighted by molar-refractivity contribution is 7.91. The molecular weight excluding hydrogens is 370 g/mol. The molecule has 27 heavy (non-hydrogen) atoms. The maximum absolute atomic E-state index is 12.7. The van der Waals surface area contributed by atoms with Gasteiger partial charge in [-0.1, -0.05) is 0 Å². The Bertz CT molecular complexity index is 845. The second-order valence-corrected chi connectivity index (χ2v) is 8.70. The number of amides is 1. The number of carbonyl (C=O) groups excluding carboxylic acids is 1. The van der Waals surface area contributed by atoms with Gasteiger partial charge in [-0.05, 0) is 42.8 Å². The molecule has 2 aromatic rings. The van der Waals surface area contributed by atoms with Crippen LogP contribution in [0.2, 0.25) is 0 Å². The number of furan rings is 1. The number of hydrogen-bond acceptors (Lipinski definition) is 6. The summed E-state index contributed by atoms with van der Waals surface area (Å²) in [4.78, 5) is 14.2. The second-order valence-electron chi connectivity index (χ2n) is 6.41. The lowest BCUT2D eigenvalue weighted by Crippen LogP contribution is -2.32. The van der Waals surface area contributed by atoms with Crippen molar-refractivity contribution in [1.82, 2.24) is 4.90 Å². The highest BCUT2D eigenvalue weighted by atomic mass is 32.2. The molecule has 0 N–H and O–H groups in total. The molecule has 0 saturated carbocycles. The fourth-order valence-electron chi connectivity index (χ4n) is 3.04. The van der Waals surface area contributed by atoms with Crippen molar-refractivity contribution in [3.8, 4) is 5.75 Å². The van der Waals surface area contributed by atoms with E-state index in [-0.39, 0.29) is 18.2 Å². The van der Waals surface area contributed by atoms with Gasteiger partial charge in [0.25, 0.3) is 5.91 Å². The number of rotatable bonds is 8. The molecule has 1 aromatic heterocycles. The van der Waals surface area contributed by atoms with Gasteiger partial charge in [-0.3, -0.25) is 4.79 Å². The average molecular weight is 393 g/mol. The van der Waals surface area contributed by atoms with Gasteiger partial charge in [-0.25, -0.2) is 8.42 Å². The van der Waals surface area contributed by atoms with Gasteiger partial charge in [-0.2, -0.15) is 0 Å². The Balaban J connectivity index is 1.58. The van der Waals surface area contributed by atoms with Gasteiger partial charge in [0.1, 0.15) is 23.9 Å². The van der Waals surface area contributed by atoms with Crippen molar-refractivity contribution in [2.45, 2.75) is 17.4 Å². The zero-order chi connectivity index (χ0) is 19.3. The summed E-state index contributed by atoms with van der Waals surface area (Å²) >= 11 is 0. The van der Waals surface area contributed by atoms with E-state index in [0.717, 1.165) is 0 Å². The topological polar surface area (TPSA) is 86.0 Å². The molecule has 1 aromatic carbocycles. The number of nitrogens with zero attached hydrogens (tertiary/aromatic N) is 1. The summed E-state index contributed by atoms with van der Waals surface area (Å²) in [5.74, 6) is 0.766.